The van der Waals surface area contributed by atoms with Crippen LogP contribution in [-0.4, -0.2) is 40.2 Å². The third-order valence-electron chi connectivity index (χ3n) is 2.61. The van der Waals surface area contributed by atoms with Gasteiger partial charge in [-0.1, -0.05) is 12.2 Å². The molecule has 0 heterocycles. The molecule has 0 bridgehead atoms. The van der Waals surface area contributed by atoms with Crippen LogP contribution in [0.4, 0.5) is 10.5 Å². The monoisotopic (exact) mass is 278 g/mol. The molecule has 0 aliphatic heterocycles. The van der Waals surface area contributed by atoms with E-state index in [1.807, 2.05) is 13.8 Å². The number of rotatable bonds is 5. The molecule has 1 aromatic rings. The summed E-state index contributed by atoms with van der Waals surface area (Å²) in [5.74, 6) is -1.61. The maximum atomic E-state index is 12.0. The largest absolute Gasteiger partial charge is 0.507 e. The zero-order chi connectivity index (χ0) is 15.3. The van der Waals surface area contributed by atoms with Crippen molar-refractivity contribution in [3.05, 3.63) is 35.9 Å². The number of urea groups is 1. The van der Waals surface area contributed by atoms with Gasteiger partial charge in [0.05, 0.1) is 0 Å². The van der Waals surface area contributed by atoms with Gasteiger partial charge in [-0.05, 0) is 26.0 Å². The second-order valence-electron chi connectivity index (χ2n) is 4.44. The van der Waals surface area contributed by atoms with Crippen molar-refractivity contribution in [3.8, 4) is 5.75 Å². The van der Waals surface area contributed by atoms with Crippen LogP contribution in [0, 0.1) is 0 Å². The maximum absolute atomic E-state index is 12.0. The molecule has 6 heteroatoms. The minimum absolute atomic E-state index is 0.211. The molecule has 0 aliphatic rings. The van der Waals surface area contributed by atoms with E-state index < -0.39 is 11.7 Å². The number of carbonyl (C=O) groups is 2. The highest BCUT2D eigenvalue weighted by Gasteiger charge is 2.14. The lowest BCUT2D eigenvalue weighted by Gasteiger charge is -2.21. The number of carboxylic acid groups (broad SMARTS) is 1. The van der Waals surface area contributed by atoms with Gasteiger partial charge in [-0.25, -0.2) is 9.59 Å². The third kappa shape index (κ3) is 4.01. The number of likely N-dealkylation sites (N-methyl/N-ethyl adjacent to an activating group) is 1. The summed E-state index contributed by atoms with van der Waals surface area (Å²) in [7, 11) is 0. The Morgan fingerprint density at radius 3 is 2.50 bits per heavy atom. The molecule has 0 spiro atoms. The number of carbonyl (C=O) groups excluding carboxylic acids is 1. The molecular weight excluding hydrogens is 260 g/mol. The first-order valence-electron chi connectivity index (χ1n) is 6.11. The molecular formula is C14H18N2O4. The molecule has 0 aromatic heterocycles. The van der Waals surface area contributed by atoms with Gasteiger partial charge in [-0.3, -0.25) is 0 Å². The second-order valence-corrected chi connectivity index (χ2v) is 4.44. The molecule has 108 valence electrons. The number of nitrogens with zero attached hydrogens (tertiary/aromatic N) is 1. The first-order valence-corrected chi connectivity index (χ1v) is 6.11. The van der Waals surface area contributed by atoms with E-state index >= 15 is 0 Å². The zero-order valence-corrected chi connectivity index (χ0v) is 11.5. The number of hydrogen-bond acceptors (Lipinski definition) is 3. The van der Waals surface area contributed by atoms with Crippen LogP contribution in [0.3, 0.4) is 0 Å². The van der Waals surface area contributed by atoms with E-state index in [1.165, 1.54) is 18.2 Å². The molecule has 0 unspecified atom stereocenters. The number of carboxylic acids is 1. The third-order valence-corrected chi connectivity index (χ3v) is 2.61. The van der Waals surface area contributed by atoms with Crippen molar-refractivity contribution in [2.75, 3.05) is 18.4 Å². The van der Waals surface area contributed by atoms with Crippen LogP contribution in [0.5, 0.6) is 5.75 Å². The van der Waals surface area contributed by atoms with E-state index in [2.05, 4.69) is 11.9 Å². The van der Waals surface area contributed by atoms with E-state index in [-0.39, 0.29) is 11.6 Å². The molecule has 20 heavy (non-hydrogen) atoms. The summed E-state index contributed by atoms with van der Waals surface area (Å²) in [4.78, 5) is 24.3. The fourth-order valence-corrected chi connectivity index (χ4v) is 1.65. The van der Waals surface area contributed by atoms with Crippen LogP contribution in [0.2, 0.25) is 0 Å². The van der Waals surface area contributed by atoms with Gasteiger partial charge in [-0.15, -0.1) is 0 Å². The molecule has 1 rings (SSSR count). The van der Waals surface area contributed by atoms with E-state index in [4.69, 9.17) is 5.11 Å². The summed E-state index contributed by atoms with van der Waals surface area (Å²) in [6, 6.07) is 3.53. The summed E-state index contributed by atoms with van der Waals surface area (Å²) in [6.45, 7) is 8.36. The van der Waals surface area contributed by atoms with E-state index in [0.29, 0.717) is 18.8 Å². The summed E-state index contributed by atoms with van der Waals surface area (Å²) in [6.07, 6.45) is 0. The highest BCUT2D eigenvalue weighted by Crippen LogP contribution is 2.22. The van der Waals surface area contributed by atoms with Crippen LogP contribution >= 0.6 is 0 Å². The predicted molar refractivity (Wildman–Crippen MR) is 76.1 cm³/mol. The zero-order valence-electron chi connectivity index (χ0n) is 11.5. The summed E-state index contributed by atoms with van der Waals surface area (Å²) in [5, 5.41) is 21.0. The molecule has 3 N–H and O–H groups in total. The molecule has 0 aliphatic carbocycles. The fourth-order valence-electron chi connectivity index (χ4n) is 1.65. The molecule has 0 saturated heterocycles. The van der Waals surface area contributed by atoms with Crippen molar-refractivity contribution in [3.63, 3.8) is 0 Å². The van der Waals surface area contributed by atoms with Crippen molar-refractivity contribution in [1.82, 2.24) is 4.90 Å². The minimum Gasteiger partial charge on any atom is -0.507 e. The van der Waals surface area contributed by atoms with Crippen molar-refractivity contribution < 1.29 is 19.8 Å². The molecule has 0 saturated carbocycles. The molecule has 0 fully saturated rings. The number of phenols is 1. The molecule has 0 radical (unpaired) electrons. The summed E-state index contributed by atoms with van der Waals surface area (Å²) < 4.78 is 0. The van der Waals surface area contributed by atoms with E-state index in [9.17, 15) is 14.7 Å². The second kappa shape index (κ2) is 6.60. The first kappa shape index (κ1) is 15.6. The Balaban J connectivity index is 2.82. The van der Waals surface area contributed by atoms with Crippen LogP contribution in [0.1, 0.15) is 24.2 Å². The number of nitrogens with one attached hydrogen (secondary N) is 1. The highest BCUT2D eigenvalue weighted by molar-refractivity contribution is 5.94. The Labute approximate surface area is 117 Å². The molecule has 0 atom stereocenters. The van der Waals surface area contributed by atoms with Gasteiger partial charge < -0.3 is 20.4 Å². The average molecular weight is 278 g/mol. The smallest absolute Gasteiger partial charge is 0.339 e. The summed E-state index contributed by atoms with van der Waals surface area (Å²) >= 11 is 0. The lowest BCUT2D eigenvalue weighted by atomic mass is 10.2. The van der Waals surface area contributed by atoms with Gasteiger partial charge in [0.25, 0.3) is 0 Å². The fraction of sp³-hybridized carbons (Fsp3) is 0.286. The Morgan fingerprint density at radius 2 is 2.05 bits per heavy atom. The Hall–Kier alpha value is -2.50. The summed E-state index contributed by atoms with van der Waals surface area (Å²) in [5.41, 5.74) is 0.973. The first-order chi connectivity index (χ1) is 9.35. The lowest BCUT2D eigenvalue weighted by Crippen LogP contribution is -2.35. The van der Waals surface area contributed by atoms with Gasteiger partial charge in [-0.2, -0.15) is 0 Å². The van der Waals surface area contributed by atoms with Gasteiger partial charge in [0.1, 0.15) is 11.3 Å². The standard InChI is InChI=1S/C14H18N2O4/c1-4-16(8-9(2)3)14(20)15-10-5-6-11(13(18)19)12(17)7-10/h5-7,17H,2,4,8H2,1,3H3,(H,15,20)(H,18,19). The molecule has 2 amide bonds. The predicted octanol–water partition coefficient (Wildman–Crippen LogP) is 2.52. The quantitative estimate of drug-likeness (QED) is 0.722. The van der Waals surface area contributed by atoms with E-state index in [0.717, 1.165) is 5.57 Å². The van der Waals surface area contributed by atoms with Gasteiger partial charge in [0.15, 0.2) is 0 Å². The normalized spacial score (nSPS) is 9.90. The van der Waals surface area contributed by atoms with Crippen LogP contribution in [0.25, 0.3) is 0 Å². The van der Waals surface area contributed by atoms with Crippen LogP contribution in [0.15, 0.2) is 30.4 Å². The topological polar surface area (TPSA) is 89.9 Å². The van der Waals surface area contributed by atoms with Crippen LogP contribution in [-0.2, 0) is 0 Å². The van der Waals surface area contributed by atoms with Crippen molar-refractivity contribution in [2.24, 2.45) is 0 Å². The highest BCUT2D eigenvalue weighted by atomic mass is 16.4. The van der Waals surface area contributed by atoms with Crippen molar-refractivity contribution in [1.29, 1.82) is 0 Å². The number of anilines is 1. The SMILES string of the molecule is C=C(C)CN(CC)C(=O)Nc1ccc(C(=O)O)c(O)c1. The van der Waals surface area contributed by atoms with Gasteiger partial charge >= 0.3 is 12.0 Å². The average Bonchev–Trinajstić information content (AvgIpc) is 2.35. The number of benzene rings is 1. The molecule has 6 nitrogen and oxygen atoms in total. The molecule has 1 aromatic carbocycles. The minimum atomic E-state index is -1.22. The van der Waals surface area contributed by atoms with E-state index in [1.54, 1.807) is 4.90 Å². The number of amides is 2. The van der Waals surface area contributed by atoms with Crippen molar-refractivity contribution >= 4 is 17.7 Å². The van der Waals surface area contributed by atoms with Crippen molar-refractivity contribution in [2.45, 2.75) is 13.8 Å². The lowest BCUT2D eigenvalue weighted by molar-refractivity contribution is 0.0694. The Bertz CT molecular complexity index is 540. The number of aromatic carboxylic acids is 1. The van der Waals surface area contributed by atoms with Gasteiger partial charge in [0, 0.05) is 24.8 Å². The Morgan fingerprint density at radius 1 is 1.40 bits per heavy atom. The maximum Gasteiger partial charge on any atom is 0.339 e. The van der Waals surface area contributed by atoms with Gasteiger partial charge in [0.2, 0.25) is 0 Å². The Kier molecular flexibility index (Phi) is 5.14. The van der Waals surface area contributed by atoms with Crippen LogP contribution < -0.4 is 5.32 Å². The number of hydrogen-bond donors (Lipinski definition) is 3. The number of aromatic hydroxyl groups is 1.